The summed E-state index contributed by atoms with van der Waals surface area (Å²) in [5.41, 5.74) is 1.10. The molecule has 2 rings (SSSR count). The van der Waals surface area contributed by atoms with E-state index in [9.17, 15) is 4.79 Å². The zero-order chi connectivity index (χ0) is 12.3. The van der Waals surface area contributed by atoms with Gasteiger partial charge in [0.1, 0.15) is 5.75 Å². The second-order valence-corrected chi connectivity index (χ2v) is 4.12. The molecule has 4 heteroatoms. The SMILES string of the molecule is COC(=O)[C@@H]1CCN[C@H]1c1ccc(OC)cc1. The molecule has 1 aliphatic heterocycles. The number of benzene rings is 1. The van der Waals surface area contributed by atoms with Gasteiger partial charge >= 0.3 is 5.97 Å². The van der Waals surface area contributed by atoms with Crippen LogP contribution in [0.5, 0.6) is 5.75 Å². The van der Waals surface area contributed by atoms with E-state index in [2.05, 4.69) is 5.32 Å². The van der Waals surface area contributed by atoms with Crippen molar-refractivity contribution in [3.63, 3.8) is 0 Å². The maximum absolute atomic E-state index is 11.6. The summed E-state index contributed by atoms with van der Waals surface area (Å²) in [6.07, 6.45) is 0.823. The van der Waals surface area contributed by atoms with E-state index in [4.69, 9.17) is 9.47 Å². The second kappa shape index (κ2) is 5.19. The summed E-state index contributed by atoms with van der Waals surface area (Å²) in [5, 5.41) is 3.33. The van der Waals surface area contributed by atoms with Crippen molar-refractivity contribution in [1.82, 2.24) is 5.32 Å². The Morgan fingerprint density at radius 3 is 2.59 bits per heavy atom. The van der Waals surface area contributed by atoms with Crippen molar-refractivity contribution in [2.45, 2.75) is 12.5 Å². The van der Waals surface area contributed by atoms with Crippen LogP contribution in [-0.2, 0) is 9.53 Å². The van der Waals surface area contributed by atoms with Crippen LogP contribution in [0.25, 0.3) is 0 Å². The van der Waals surface area contributed by atoms with Crippen molar-refractivity contribution in [3.05, 3.63) is 29.8 Å². The van der Waals surface area contributed by atoms with E-state index < -0.39 is 0 Å². The molecule has 1 aliphatic rings. The van der Waals surface area contributed by atoms with Crippen LogP contribution < -0.4 is 10.1 Å². The molecule has 1 heterocycles. The fourth-order valence-electron chi connectivity index (χ4n) is 2.27. The Morgan fingerprint density at radius 1 is 1.29 bits per heavy atom. The van der Waals surface area contributed by atoms with E-state index in [0.29, 0.717) is 0 Å². The molecule has 0 aromatic heterocycles. The van der Waals surface area contributed by atoms with Crippen molar-refractivity contribution in [3.8, 4) is 5.75 Å². The average Bonchev–Trinajstić information content (AvgIpc) is 2.87. The number of carbonyl (C=O) groups is 1. The lowest BCUT2D eigenvalue weighted by Crippen LogP contribution is -2.24. The number of hydrogen-bond acceptors (Lipinski definition) is 4. The summed E-state index contributed by atoms with van der Waals surface area (Å²) in [4.78, 5) is 11.6. The summed E-state index contributed by atoms with van der Waals surface area (Å²) in [7, 11) is 3.08. The highest BCUT2D eigenvalue weighted by molar-refractivity contribution is 5.74. The van der Waals surface area contributed by atoms with Gasteiger partial charge in [0, 0.05) is 6.04 Å². The minimum absolute atomic E-state index is 0.0494. The van der Waals surface area contributed by atoms with E-state index in [0.717, 1.165) is 24.3 Å². The number of hydrogen-bond donors (Lipinski definition) is 1. The minimum atomic E-state index is -0.143. The third-order valence-electron chi connectivity index (χ3n) is 3.20. The molecule has 0 unspecified atom stereocenters. The van der Waals surface area contributed by atoms with Crippen LogP contribution >= 0.6 is 0 Å². The Morgan fingerprint density at radius 2 is 2.00 bits per heavy atom. The molecule has 1 fully saturated rings. The third-order valence-corrected chi connectivity index (χ3v) is 3.20. The molecule has 1 saturated heterocycles. The van der Waals surface area contributed by atoms with Gasteiger partial charge in [0.05, 0.1) is 20.1 Å². The zero-order valence-corrected chi connectivity index (χ0v) is 10.1. The summed E-state index contributed by atoms with van der Waals surface area (Å²) >= 11 is 0. The number of carbonyl (C=O) groups excluding carboxylic acids is 1. The number of ether oxygens (including phenoxy) is 2. The highest BCUT2D eigenvalue weighted by atomic mass is 16.5. The number of methoxy groups -OCH3 is 2. The lowest BCUT2D eigenvalue weighted by molar-refractivity contribution is -0.145. The Hall–Kier alpha value is -1.55. The fraction of sp³-hybridized carbons (Fsp3) is 0.462. The van der Waals surface area contributed by atoms with Gasteiger partial charge in [0.2, 0.25) is 0 Å². The van der Waals surface area contributed by atoms with Gasteiger partial charge in [0.25, 0.3) is 0 Å². The molecule has 1 aromatic rings. The highest BCUT2D eigenvalue weighted by Crippen LogP contribution is 2.31. The van der Waals surface area contributed by atoms with Crippen LogP contribution in [0.15, 0.2) is 24.3 Å². The van der Waals surface area contributed by atoms with Crippen LogP contribution in [0.4, 0.5) is 0 Å². The van der Waals surface area contributed by atoms with Gasteiger partial charge in [0.15, 0.2) is 0 Å². The molecule has 17 heavy (non-hydrogen) atoms. The maximum atomic E-state index is 11.6. The topological polar surface area (TPSA) is 47.6 Å². The van der Waals surface area contributed by atoms with Crippen molar-refractivity contribution >= 4 is 5.97 Å². The van der Waals surface area contributed by atoms with Crippen molar-refractivity contribution in [2.75, 3.05) is 20.8 Å². The summed E-state index contributed by atoms with van der Waals surface area (Å²) in [5.74, 6) is 0.588. The van der Waals surface area contributed by atoms with E-state index in [1.165, 1.54) is 7.11 Å². The molecule has 0 saturated carbocycles. The van der Waals surface area contributed by atoms with Crippen LogP contribution in [0, 0.1) is 5.92 Å². The summed E-state index contributed by atoms with van der Waals surface area (Å²) in [6, 6.07) is 7.83. The lowest BCUT2D eigenvalue weighted by atomic mass is 9.94. The van der Waals surface area contributed by atoms with Crippen molar-refractivity contribution < 1.29 is 14.3 Å². The number of nitrogens with one attached hydrogen (secondary N) is 1. The Kier molecular flexibility index (Phi) is 3.64. The average molecular weight is 235 g/mol. The molecule has 0 radical (unpaired) electrons. The maximum Gasteiger partial charge on any atom is 0.310 e. The Balaban J connectivity index is 2.17. The molecule has 4 nitrogen and oxygen atoms in total. The van der Waals surface area contributed by atoms with E-state index in [1.807, 2.05) is 24.3 Å². The highest BCUT2D eigenvalue weighted by Gasteiger charge is 2.34. The Labute approximate surface area is 101 Å². The zero-order valence-electron chi connectivity index (χ0n) is 10.1. The first kappa shape index (κ1) is 11.9. The predicted molar refractivity (Wildman–Crippen MR) is 63.9 cm³/mol. The Bertz CT molecular complexity index is 388. The summed E-state index contributed by atoms with van der Waals surface area (Å²) < 4.78 is 9.94. The first-order valence-electron chi connectivity index (χ1n) is 5.71. The predicted octanol–water partition coefficient (Wildman–Crippen LogP) is 1.52. The standard InChI is InChI=1S/C13H17NO3/c1-16-10-5-3-9(4-6-10)12-11(7-8-14-12)13(15)17-2/h3-6,11-12,14H,7-8H2,1-2H3/t11-,12+/m1/s1. The largest absolute Gasteiger partial charge is 0.497 e. The van der Waals surface area contributed by atoms with Crippen LogP contribution in [0.3, 0.4) is 0 Å². The summed E-state index contributed by atoms with van der Waals surface area (Å²) in [6.45, 7) is 0.844. The van der Waals surface area contributed by atoms with Crippen LogP contribution in [0.2, 0.25) is 0 Å². The number of esters is 1. The van der Waals surface area contributed by atoms with Gasteiger partial charge in [-0.1, -0.05) is 12.1 Å². The molecular weight excluding hydrogens is 218 g/mol. The minimum Gasteiger partial charge on any atom is -0.497 e. The molecule has 1 aromatic carbocycles. The molecule has 0 bridgehead atoms. The fourth-order valence-corrected chi connectivity index (χ4v) is 2.27. The van der Waals surface area contributed by atoms with E-state index in [1.54, 1.807) is 7.11 Å². The third kappa shape index (κ3) is 2.42. The van der Waals surface area contributed by atoms with Gasteiger partial charge in [-0.3, -0.25) is 4.79 Å². The van der Waals surface area contributed by atoms with Gasteiger partial charge in [-0.15, -0.1) is 0 Å². The molecule has 2 atom stereocenters. The quantitative estimate of drug-likeness (QED) is 0.807. The molecule has 0 amide bonds. The van der Waals surface area contributed by atoms with Gasteiger partial charge in [-0.2, -0.15) is 0 Å². The number of rotatable bonds is 3. The van der Waals surface area contributed by atoms with Crippen LogP contribution in [0.1, 0.15) is 18.0 Å². The van der Waals surface area contributed by atoms with E-state index >= 15 is 0 Å². The first-order chi connectivity index (χ1) is 8.26. The van der Waals surface area contributed by atoms with Gasteiger partial charge < -0.3 is 14.8 Å². The van der Waals surface area contributed by atoms with Gasteiger partial charge in [-0.05, 0) is 30.7 Å². The van der Waals surface area contributed by atoms with Crippen molar-refractivity contribution in [2.24, 2.45) is 5.92 Å². The molecular formula is C13H17NO3. The second-order valence-electron chi connectivity index (χ2n) is 4.12. The molecule has 92 valence electrons. The van der Waals surface area contributed by atoms with Crippen molar-refractivity contribution in [1.29, 1.82) is 0 Å². The van der Waals surface area contributed by atoms with Gasteiger partial charge in [-0.25, -0.2) is 0 Å². The molecule has 0 spiro atoms. The van der Waals surface area contributed by atoms with E-state index in [-0.39, 0.29) is 17.9 Å². The molecule has 1 N–H and O–H groups in total. The first-order valence-corrected chi connectivity index (χ1v) is 5.71. The lowest BCUT2D eigenvalue weighted by Gasteiger charge is -2.18. The smallest absolute Gasteiger partial charge is 0.310 e. The normalized spacial score (nSPS) is 23.4. The molecule has 0 aliphatic carbocycles. The monoisotopic (exact) mass is 235 g/mol. The van der Waals surface area contributed by atoms with Crippen LogP contribution in [-0.4, -0.2) is 26.7 Å².